The molecule has 7 heteroatoms. The Bertz CT molecular complexity index is 1000. The van der Waals surface area contributed by atoms with Gasteiger partial charge >= 0.3 is 0 Å². The number of hydrogen-bond donors (Lipinski definition) is 2. The highest BCUT2D eigenvalue weighted by atomic mass is 32.2. The highest BCUT2D eigenvalue weighted by Crippen LogP contribution is 2.22. The number of nitrogen functional groups attached to an aromatic ring is 1. The van der Waals surface area contributed by atoms with Gasteiger partial charge in [0.05, 0.1) is 12.0 Å². The number of benzene rings is 3. The van der Waals surface area contributed by atoms with Crippen LogP contribution in [0.15, 0.2) is 77.7 Å². The van der Waals surface area contributed by atoms with E-state index in [9.17, 15) is 8.42 Å². The van der Waals surface area contributed by atoms with Gasteiger partial charge in [0.1, 0.15) is 18.1 Å². The molecule has 0 bridgehead atoms. The first kappa shape index (κ1) is 19.7. The van der Waals surface area contributed by atoms with E-state index in [1.807, 2.05) is 24.3 Å². The first-order chi connectivity index (χ1) is 13.5. The van der Waals surface area contributed by atoms with Crippen molar-refractivity contribution in [1.82, 2.24) is 4.72 Å². The Morgan fingerprint density at radius 3 is 1.93 bits per heavy atom. The molecule has 0 unspecified atom stereocenters. The van der Waals surface area contributed by atoms with E-state index in [1.165, 1.54) is 0 Å². The summed E-state index contributed by atoms with van der Waals surface area (Å²) in [6.07, 6.45) is 0. The molecule has 0 radical (unpaired) electrons. The van der Waals surface area contributed by atoms with Gasteiger partial charge in [-0.05, 0) is 59.7 Å². The van der Waals surface area contributed by atoms with Crippen LogP contribution in [0.1, 0.15) is 0 Å². The van der Waals surface area contributed by atoms with Crippen LogP contribution in [0.4, 0.5) is 5.69 Å². The molecular weight excluding hydrogens is 376 g/mol. The summed E-state index contributed by atoms with van der Waals surface area (Å²) < 4.78 is 38.0. The topological polar surface area (TPSA) is 90.6 Å². The molecule has 3 aromatic carbocycles. The van der Waals surface area contributed by atoms with E-state index in [4.69, 9.17) is 15.2 Å². The van der Waals surface area contributed by atoms with Crippen LogP contribution in [-0.4, -0.2) is 28.7 Å². The number of ether oxygens (including phenoxy) is 2. The highest BCUT2D eigenvalue weighted by molar-refractivity contribution is 7.89. The van der Waals surface area contributed by atoms with Crippen LogP contribution in [0, 0.1) is 0 Å². The molecule has 0 aromatic heterocycles. The van der Waals surface area contributed by atoms with Crippen molar-refractivity contribution in [3.8, 4) is 22.6 Å². The summed E-state index contributed by atoms with van der Waals surface area (Å²) >= 11 is 0. The molecule has 0 aliphatic carbocycles. The molecule has 28 heavy (non-hydrogen) atoms. The van der Waals surface area contributed by atoms with Crippen LogP contribution >= 0.6 is 0 Å². The van der Waals surface area contributed by atoms with Gasteiger partial charge in [0, 0.05) is 12.2 Å². The third-order valence-corrected chi connectivity index (χ3v) is 5.61. The second-order valence-electron chi connectivity index (χ2n) is 6.07. The first-order valence-electron chi connectivity index (χ1n) is 8.70. The molecule has 0 aliphatic heterocycles. The first-order valence-corrected chi connectivity index (χ1v) is 10.2. The van der Waals surface area contributed by atoms with E-state index < -0.39 is 10.0 Å². The minimum Gasteiger partial charge on any atom is -0.497 e. The predicted octanol–water partition coefficient (Wildman–Crippen LogP) is 3.30. The zero-order chi connectivity index (χ0) is 20.0. The van der Waals surface area contributed by atoms with Gasteiger partial charge in [-0.1, -0.05) is 24.3 Å². The van der Waals surface area contributed by atoms with Crippen LogP contribution < -0.4 is 19.9 Å². The van der Waals surface area contributed by atoms with Crippen LogP contribution in [0.2, 0.25) is 0 Å². The number of rotatable bonds is 8. The van der Waals surface area contributed by atoms with Crippen molar-refractivity contribution >= 4 is 15.7 Å². The van der Waals surface area contributed by atoms with E-state index in [1.54, 1.807) is 55.6 Å². The Balaban J connectivity index is 1.55. The number of nitrogens with two attached hydrogens (primary N) is 1. The fraction of sp³-hybridized carbons (Fsp3) is 0.143. The monoisotopic (exact) mass is 398 g/mol. The largest absolute Gasteiger partial charge is 0.497 e. The van der Waals surface area contributed by atoms with Crippen LogP contribution in [0.5, 0.6) is 11.5 Å². The van der Waals surface area contributed by atoms with Crippen LogP contribution in [-0.2, 0) is 10.0 Å². The zero-order valence-electron chi connectivity index (χ0n) is 15.5. The van der Waals surface area contributed by atoms with Crippen molar-refractivity contribution in [1.29, 1.82) is 0 Å². The number of anilines is 1. The number of methoxy groups -OCH3 is 1. The Hall–Kier alpha value is -3.03. The van der Waals surface area contributed by atoms with Gasteiger partial charge < -0.3 is 15.2 Å². The summed E-state index contributed by atoms with van der Waals surface area (Å²) in [6.45, 7) is 0.378. The third kappa shape index (κ3) is 5.03. The number of sulfonamides is 1. The zero-order valence-corrected chi connectivity index (χ0v) is 16.3. The molecule has 0 saturated heterocycles. The van der Waals surface area contributed by atoms with E-state index >= 15 is 0 Å². The van der Waals surface area contributed by atoms with Gasteiger partial charge in [0.25, 0.3) is 0 Å². The quantitative estimate of drug-likeness (QED) is 0.449. The van der Waals surface area contributed by atoms with Gasteiger partial charge in [-0.2, -0.15) is 0 Å². The summed E-state index contributed by atoms with van der Waals surface area (Å²) in [5, 5.41) is 0. The van der Waals surface area contributed by atoms with Gasteiger partial charge in [0.15, 0.2) is 0 Å². The molecule has 0 spiro atoms. The molecule has 146 valence electrons. The van der Waals surface area contributed by atoms with E-state index in [2.05, 4.69) is 4.72 Å². The van der Waals surface area contributed by atoms with E-state index in [0.29, 0.717) is 11.4 Å². The molecule has 6 nitrogen and oxygen atoms in total. The van der Waals surface area contributed by atoms with Crippen LogP contribution in [0.3, 0.4) is 0 Å². The average Bonchev–Trinajstić information content (AvgIpc) is 2.72. The summed E-state index contributed by atoms with van der Waals surface area (Å²) in [6, 6.07) is 21.2. The summed E-state index contributed by atoms with van der Waals surface area (Å²) in [5.41, 5.74) is 8.26. The SMILES string of the molecule is COc1ccc(OCCNS(=O)(=O)c2ccc(-c3ccc(N)cc3)cc2)cc1. The fourth-order valence-corrected chi connectivity index (χ4v) is 3.62. The lowest BCUT2D eigenvalue weighted by Gasteiger charge is -2.10. The molecule has 0 saturated carbocycles. The van der Waals surface area contributed by atoms with Crippen molar-refractivity contribution in [2.45, 2.75) is 4.90 Å². The van der Waals surface area contributed by atoms with Gasteiger partial charge in [-0.3, -0.25) is 0 Å². The maximum Gasteiger partial charge on any atom is 0.240 e. The number of hydrogen-bond acceptors (Lipinski definition) is 5. The van der Waals surface area contributed by atoms with E-state index in [-0.39, 0.29) is 18.0 Å². The molecule has 3 N–H and O–H groups in total. The minimum atomic E-state index is -3.60. The third-order valence-electron chi connectivity index (χ3n) is 4.13. The molecule has 0 heterocycles. The molecule has 3 aromatic rings. The van der Waals surface area contributed by atoms with E-state index in [0.717, 1.165) is 16.9 Å². The lowest BCUT2D eigenvalue weighted by molar-refractivity contribution is 0.322. The summed E-state index contributed by atoms with van der Waals surface area (Å²) in [4.78, 5) is 0.205. The smallest absolute Gasteiger partial charge is 0.240 e. The Morgan fingerprint density at radius 2 is 1.36 bits per heavy atom. The maximum absolute atomic E-state index is 12.4. The number of nitrogens with one attached hydrogen (secondary N) is 1. The lowest BCUT2D eigenvalue weighted by Crippen LogP contribution is -2.28. The highest BCUT2D eigenvalue weighted by Gasteiger charge is 2.13. The van der Waals surface area contributed by atoms with Crippen molar-refractivity contribution < 1.29 is 17.9 Å². The van der Waals surface area contributed by atoms with Gasteiger partial charge in [-0.15, -0.1) is 0 Å². The molecule has 0 fully saturated rings. The standard InChI is InChI=1S/C21H22N2O4S/c1-26-19-8-10-20(11-9-19)27-15-14-23-28(24,25)21-12-4-17(5-13-21)16-2-6-18(22)7-3-16/h2-13,23H,14-15,22H2,1H3. The predicted molar refractivity (Wildman–Crippen MR) is 110 cm³/mol. The molecule has 0 amide bonds. The lowest BCUT2D eigenvalue weighted by atomic mass is 10.1. The molecule has 0 aliphatic rings. The second-order valence-corrected chi connectivity index (χ2v) is 7.84. The van der Waals surface area contributed by atoms with Crippen molar-refractivity contribution in [3.63, 3.8) is 0 Å². The fourth-order valence-electron chi connectivity index (χ4n) is 2.60. The average molecular weight is 398 g/mol. The van der Waals surface area contributed by atoms with Crippen LogP contribution in [0.25, 0.3) is 11.1 Å². The molecule has 3 rings (SSSR count). The Labute approximate surface area is 165 Å². The van der Waals surface area contributed by atoms with Gasteiger partial charge in [-0.25, -0.2) is 13.1 Å². The van der Waals surface area contributed by atoms with Crippen molar-refractivity contribution in [3.05, 3.63) is 72.8 Å². The van der Waals surface area contributed by atoms with Crippen molar-refractivity contribution in [2.24, 2.45) is 0 Å². The maximum atomic E-state index is 12.4. The minimum absolute atomic E-state index is 0.161. The van der Waals surface area contributed by atoms with Gasteiger partial charge in [0.2, 0.25) is 10.0 Å². The summed E-state index contributed by atoms with van der Waals surface area (Å²) in [5.74, 6) is 1.38. The Morgan fingerprint density at radius 1 is 0.821 bits per heavy atom. The normalized spacial score (nSPS) is 11.2. The van der Waals surface area contributed by atoms with Crippen molar-refractivity contribution in [2.75, 3.05) is 26.0 Å². The second kappa shape index (κ2) is 8.77. The summed E-state index contributed by atoms with van der Waals surface area (Å²) in [7, 11) is -2.01. The molecule has 0 atom stereocenters. The molecular formula is C21H22N2O4S. The Kier molecular flexibility index (Phi) is 6.18.